The summed E-state index contributed by atoms with van der Waals surface area (Å²) in [6.45, 7) is 1.51. The lowest BCUT2D eigenvalue weighted by Crippen LogP contribution is -2.48. The number of amides is 2. The molecule has 0 bridgehead atoms. The number of aliphatic carboxylic acids is 1. The minimum Gasteiger partial charge on any atom is -0.481 e. The highest BCUT2D eigenvalue weighted by Crippen LogP contribution is 2.22. The molecule has 2 amide bonds. The van der Waals surface area contributed by atoms with E-state index in [9.17, 15) is 14.4 Å². The summed E-state index contributed by atoms with van der Waals surface area (Å²) in [7, 11) is 0. The van der Waals surface area contributed by atoms with Crippen LogP contribution in [0.4, 0.5) is 0 Å². The van der Waals surface area contributed by atoms with E-state index in [0.717, 1.165) is 25.7 Å². The van der Waals surface area contributed by atoms with E-state index < -0.39 is 5.97 Å². The first-order valence-corrected chi connectivity index (χ1v) is 7.37. The number of carbonyl (C=O) groups is 3. The standard InChI is InChI=1S/C14H22N2O4/c17-12-5-3-8-15(12)10-13(18)16-9-2-1-4-11(16)6-7-14(19)20/h11H,1-10H2,(H,19,20). The van der Waals surface area contributed by atoms with Gasteiger partial charge >= 0.3 is 5.97 Å². The Morgan fingerprint density at radius 3 is 2.65 bits per heavy atom. The molecule has 0 aromatic heterocycles. The maximum Gasteiger partial charge on any atom is 0.303 e. The molecule has 20 heavy (non-hydrogen) atoms. The lowest BCUT2D eigenvalue weighted by atomic mass is 9.98. The summed E-state index contributed by atoms with van der Waals surface area (Å²) in [6.07, 6.45) is 4.84. The Morgan fingerprint density at radius 2 is 2.00 bits per heavy atom. The van der Waals surface area contributed by atoms with Crippen molar-refractivity contribution in [2.24, 2.45) is 0 Å². The van der Waals surface area contributed by atoms with Crippen molar-refractivity contribution < 1.29 is 19.5 Å². The second kappa shape index (κ2) is 6.72. The fourth-order valence-corrected chi connectivity index (χ4v) is 3.04. The molecule has 2 fully saturated rings. The number of piperidine rings is 1. The molecular weight excluding hydrogens is 260 g/mol. The molecule has 2 rings (SSSR count). The minimum atomic E-state index is -0.822. The van der Waals surface area contributed by atoms with Gasteiger partial charge in [-0.25, -0.2) is 0 Å². The molecule has 0 aliphatic carbocycles. The Labute approximate surface area is 118 Å². The maximum absolute atomic E-state index is 12.3. The van der Waals surface area contributed by atoms with Crippen LogP contribution in [0.3, 0.4) is 0 Å². The zero-order valence-corrected chi connectivity index (χ0v) is 11.7. The zero-order valence-electron chi connectivity index (χ0n) is 11.7. The summed E-state index contributed by atoms with van der Waals surface area (Å²) < 4.78 is 0. The lowest BCUT2D eigenvalue weighted by Gasteiger charge is -2.36. The van der Waals surface area contributed by atoms with E-state index in [1.807, 2.05) is 0 Å². The first-order valence-electron chi connectivity index (χ1n) is 7.37. The van der Waals surface area contributed by atoms with Crippen LogP contribution in [-0.2, 0) is 14.4 Å². The number of rotatable bonds is 5. The number of likely N-dealkylation sites (tertiary alicyclic amines) is 2. The average Bonchev–Trinajstić information content (AvgIpc) is 2.82. The lowest BCUT2D eigenvalue weighted by molar-refractivity contribution is -0.142. The van der Waals surface area contributed by atoms with Gasteiger partial charge in [0.1, 0.15) is 0 Å². The Hall–Kier alpha value is -1.59. The summed E-state index contributed by atoms with van der Waals surface area (Å²) in [5.41, 5.74) is 0. The van der Waals surface area contributed by atoms with Gasteiger partial charge in [-0.3, -0.25) is 14.4 Å². The van der Waals surface area contributed by atoms with Gasteiger partial charge in [0.15, 0.2) is 0 Å². The van der Waals surface area contributed by atoms with Crippen LogP contribution in [0.15, 0.2) is 0 Å². The maximum atomic E-state index is 12.3. The molecule has 0 spiro atoms. The first kappa shape index (κ1) is 14.8. The Morgan fingerprint density at radius 1 is 1.20 bits per heavy atom. The summed E-state index contributed by atoms with van der Waals surface area (Å²) >= 11 is 0. The SMILES string of the molecule is O=C(O)CCC1CCCCN1C(=O)CN1CCCC1=O. The van der Waals surface area contributed by atoms with Crippen molar-refractivity contribution in [3.05, 3.63) is 0 Å². The Bertz CT molecular complexity index is 397. The molecule has 2 heterocycles. The van der Waals surface area contributed by atoms with Crippen LogP contribution in [0.25, 0.3) is 0 Å². The quantitative estimate of drug-likeness (QED) is 0.811. The molecule has 0 saturated carbocycles. The highest BCUT2D eigenvalue weighted by atomic mass is 16.4. The molecule has 0 radical (unpaired) electrons. The van der Waals surface area contributed by atoms with Crippen LogP contribution in [0.1, 0.15) is 44.9 Å². The van der Waals surface area contributed by atoms with Crippen molar-refractivity contribution in [2.75, 3.05) is 19.6 Å². The van der Waals surface area contributed by atoms with Crippen molar-refractivity contribution in [3.8, 4) is 0 Å². The van der Waals surface area contributed by atoms with Crippen molar-refractivity contribution in [1.82, 2.24) is 9.80 Å². The van der Waals surface area contributed by atoms with Gasteiger partial charge in [0.25, 0.3) is 0 Å². The van der Waals surface area contributed by atoms with Gasteiger partial charge in [-0.15, -0.1) is 0 Å². The first-order chi connectivity index (χ1) is 9.58. The van der Waals surface area contributed by atoms with Crippen LogP contribution >= 0.6 is 0 Å². The molecule has 6 heteroatoms. The number of carboxylic acid groups (broad SMARTS) is 1. The topological polar surface area (TPSA) is 77.9 Å². The van der Waals surface area contributed by atoms with Gasteiger partial charge in [-0.05, 0) is 32.1 Å². The molecule has 1 N–H and O–H groups in total. The molecule has 0 aromatic carbocycles. The highest BCUT2D eigenvalue weighted by Gasteiger charge is 2.30. The van der Waals surface area contributed by atoms with Gasteiger partial charge < -0.3 is 14.9 Å². The number of hydrogen-bond donors (Lipinski definition) is 1. The molecule has 6 nitrogen and oxygen atoms in total. The fourth-order valence-electron chi connectivity index (χ4n) is 3.04. The van der Waals surface area contributed by atoms with E-state index >= 15 is 0 Å². The van der Waals surface area contributed by atoms with E-state index in [4.69, 9.17) is 5.11 Å². The van der Waals surface area contributed by atoms with Gasteiger partial charge in [-0.2, -0.15) is 0 Å². The predicted octanol–water partition coefficient (Wildman–Crippen LogP) is 0.855. The van der Waals surface area contributed by atoms with Gasteiger partial charge in [0.2, 0.25) is 11.8 Å². The second-order valence-electron chi connectivity index (χ2n) is 5.59. The molecule has 1 atom stereocenters. The number of carboxylic acids is 1. The number of carbonyl (C=O) groups excluding carboxylic acids is 2. The van der Waals surface area contributed by atoms with Gasteiger partial charge in [0, 0.05) is 32.0 Å². The van der Waals surface area contributed by atoms with Crippen molar-refractivity contribution in [3.63, 3.8) is 0 Å². The van der Waals surface area contributed by atoms with Gasteiger partial charge in [-0.1, -0.05) is 0 Å². The van der Waals surface area contributed by atoms with E-state index in [2.05, 4.69) is 0 Å². The van der Waals surface area contributed by atoms with Crippen molar-refractivity contribution in [1.29, 1.82) is 0 Å². The molecule has 112 valence electrons. The third-order valence-corrected chi connectivity index (χ3v) is 4.14. The summed E-state index contributed by atoms with van der Waals surface area (Å²) in [5.74, 6) is -0.800. The van der Waals surface area contributed by atoms with E-state index in [-0.39, 0.29) is 30.8 Å². The average molecular weight is 282 g/mol. The van der Waals surface area contributed by atoms with E-state index in [1.165, 1.54) is 0 Å². The monoisotopic (exact) mass is 282 g/mol. The molecule has 2 aliphatic rings. The predicted molar refractivity (Wildman–Crippen MR) is 72.0 cm³/mol. The molecular formula is C14H22N2O4. The van der Waals surface area contributed by atoms with E-state index in [0.29, 0.717) is 25.9 Å². The number of nitrogens with zero attached hydrogens (tertiary/aromatic N) is 2. The van der Waals surface area contributed by atoms with Crippen molar-refractivity contribution in [2.45, 2.75) is 51.0 Å². The largest absolute Gasteiger partial charge is 0.481 e. The summed E-state index contributed by atoms with van der Waals surface area (Å²) in [4.78, 5) is 38.0. The van der Waals surface area contributed by atoms with E-state index in [1.54, 1.807) is 9.80 Å². The normalized spacial score (nSPS) is 23.2. The van der Waals surface area contributed by atoms with Crippen LogP contribution in [0.5, 0.6) is 0 Å². The summed E-state index contributed by atoms with van der Waals surface area (Å²) in [6, 6.07) is 0.0186. The molecule has 0 aromatic rings. The smallest absolute Gasteiger partial charge is 0.303 e. The van der Waals surface area contributed by atoms with Crippen LogP contribution in [0, 0.1) is 0 Å². The second-order valence-corrected chi connectivity index (χ2v) is 5.59. The highest BCUT2D eigenvalue weighted by molar-refractivity contribution is 5.86. The molecule has 2 aliphatic heterocycles. The zero-order chi connectivity index (χ0) is 14.5. The van der Waals surface area contributed by atoms with Crippen LogP contribution < -0.4 is 0 Å². The Balaban J connectivity index is 1.90. The fraction of sp³-hybridized carbons (Fsp3) is 0.786. The van der Waals surface area contributed by atoms with Gasteiger partial charge in [0.05, 0.1) is 6.54 Å². The third-order valence-electron chi connectivity index (χ3n) is 4.14. The minimum absolute atomic E-state index is 0.0186. The third kappa shape index (κ3) is 3.71. The van der Waals surface area contributed by atoms with Crippen molar-refractivity contribution >= 4 is 17.8 Å². The van der Waals surface area contributed by atoms with Crippen LogP contribution in [0.2, 0.25) is 0 Å². The van der Waals surface area contributed by atoms with Crippen LogP contribution in [-0.4, -0.2) is 58.4 Å². The number of hydrogen-bond acceptors (Lipinski definition) is 3. The Kier molecular flexibility index (Phi) is 4.98. The summed E-state index contributed by atoms with van der Waals surface area (Å²) in [5, 5.41) is 8.78. The molecule has 2 saturated heterocycles. The molecule has 1 unspecified atom stereocenters.